The SMILES string of the molecule is CC1C[B]C(C)C(C)(C)C[C@@H](CI)C(C)(C)C1. The molecule has 2 unspecified atom stereocenters. The minimum atomic E-state index is 0.456. The van der Waals surface area contributed by atoms with Gasteiger partial charge in [0.1, 0.15) is 7.28 Å². The molecule has 0 aromatic carbocycles. The first-order chi connectivity index (χ1) is 7.69. The van der Waals surface area contributed by atoms with Crippen molar-refractivity contribution in [1.29, 1.82) is 0 Å². The summed E-state index contributed by atoms with van der Waals surface area (Å²) in [5.41, 5.74) is 0.951. The second-order valence-electron chi connectivity index (χ2n) is 7.60. The quantitative estimate of drug-likeness (QED) is 0.336. The molecular weight excluding hydrogens is 318 g/mol. The lowest BCUT2D eigenvalue weighted by Crippen LogP contribution is -2.32. The second-order valence-corrected chi connectivity index (χ2v) is 8.48. The molecule has 0 saturated carbocycles. The van der Waals surface area contributed by atoms with Gasteiger partial charge in [-0.2, -0.15) is 0 Å². The van der Waals surface area contributed by atoms with Crippen LogP contribution in [-0.4, -0.2) is 11.7 Å². The molecule has 3 atom stereocenters. The number of alkyl halides is 1. The van der Waals surface area contributed by atoms with Gasteiger partial charge in [-0.15, -0.1) is 0 Å². The molecule has 1 rings (SSSR count). The first-order valence-corrected chi connectivity index (χ1v) is 8.61. The van der Waals surface area contributed by atoms with E-state index in [1.807, 2.05) is 0 Å². The summed E-state index contributed by atoms with van der Waals surface area (Å²) in [5.74, 6) is 2.44. The summed E-state index contributed by atoms with van der Waals surface area (Å²) in [5, 5.41) is 0. The Kier molecular flexibility index (Phi) is 5.44. The summed E-state index contributed by atoms with van der Waals surface area (Å²) in [6, 6.07) is 0. The molecule has 0 amide bonds. The van der Waals surface area contributed by atoms with Gasteiger partial charge in [-0.3, -0.25) is 0 Å². The second kappa shape index (κ2) is 5.84. The predicted molar refractivity (Wildman–Crippen MR) is 88.3 cm³/mol. The molecule has 0 N–H and O–H groups in total. The van der Waals surface area contributed by atoms with Crippen molar-refractivity contribution in [2.75, 3.05) is 4.43 Å². The maximum Gasteiger partial charge on any atom is 0.114 e. The molecule has 1 aliphatic rings. The number of rotatable bonds is 1. The summed E-state index contributed by atoms with van der Waals surface area (Å²) >= 11 is 2.60. The Labute approximate surface area is 123 Å². The fourth-order valence-electron chi connectivity index (χ4n) is 3.26. The van der Waals surface area contributed by atoms with E-state index in [0.29, 0.717) is 10.8 Å². The van der Waals surface area contributed by atoms with E-state index in [4.69, 9.17) is 0 Å². The van der Waals surface area contributed by atoms with Crippen molar-refractivity contribution in [3.8, 4) is 0 Å². The van der Waals surface area contributed by atoms with Crippen LogP contribution in [-0.2, 0) is 0 Å². The Morgan fingerprint density at radius 3 is 2.18 bits per heavy atom. The lowest BCUT2D eigenvalue weighted by molar-refractivity contribution is 0.136. The molecule has 0 nitrogen and oxygen atoms in total. The molecule has 0 spiro atoms. The fourth-order valence-corrected chi connectivity index (χ4v) is 4.77. The Bertz CT molecular complexity index is 247. The van der Waals surface area contributed by atoms with Gasteiger partial charge in [0.15, 0.2) is 0 Å². The molecule has 1 saturated heterocycles. The highest BCUT2D eigenvalue weighted by molar-refractivity contribution is 14.1. The zero-order valence-corrected chi connectivity index (χ0v) is 14.7. The maximum absolute atomic E-state index is 2.60. The minimum Gasteiger partial charge on any atom is -0.0861 e. The third-order valence-electron chi connectivity index (χ3n) is 5.06. The molecule has 1 fully saturated rings. The van der Waals surface area contributed by atoms with Gasteiger partial charge in [0.2, 0.25) is 0 Å². The molecular formula is C15H29BI. The smallest absolute Gasteiger partial charge is 0.0861 e. The average Bonchev–Trinajstić information content (AvgIpc) is 2.22. The van der Waals surface area contributed by atoms with Crippen LogP contribution in [0.1, 0.15) is 54.4 Å². The lowest BCUT2D eigenvalue weighted by Gasteiger charge is -2.40. The lowest BCUT2D eigenvalue weighted by atomic mass is 9.51. The van der Waals surface area contributed by atoms with Crippen molar-refractivity contribution in [3.63, 3.8) is 0 Å². The van der Waals surface area contributed by atoms with E-state index in [1.165, 1.54) is 23.6 Å². The molecule has 0 aromatic rings. The highest BCUT2D eigenvalue weighted by Gasteiger charge is 2.38. The molecule has 0 aromatic heterocycles. The summed E-state index contributed by atoms with van der Waals surface area (Å²) in [7, 11) is 2.58. The van der Waals surface area contributed by atoms with Gasteiger partial charge in [-0.25, -0.2) is 0 Å². The van der Waals surface area contributed by atoms with Crippen LogP contribution < -0.4 is 0 Å². The van der Waals surface area contributed by atoms with Gasteiger partial charge >= 0.3 is 0 Å². The molecule has 17 heavy (non-hydrogen) atoms. The van der Waals surface area contributed by atoms with Crippen LogP contribution in [0.3, 0.4) is 0 Å². The van der Waals surface area contributed by atoms with E-state index < -0.39 is 0 Å². The van der Waals surface area contributed by atoms with Gasteiger partial charge < -0.3 is 0 Å². The van der Waals surface area contributed by atoms with Crippen molar-refractivity contribution < 1.29 is 0 Å². The molecule has 1 radical (unpaired) electrons. The van der Waals surface area contributed by atoms with Crippen LogP contribution in [0.25, 0.3) is 0 Å². The molecule has 0 bridgehead atoms. The van der Waals surface area contributed by atoms with Crippen LogP contribution in [0, 0.1) is 22.7 Å². The molecule has 2 heteroatoms. The molecule has 99 valence electrons. The van der Waals surface area contributed by atoms with Crippen LogP contribution in [0.4, 0.5) is 0 Å². The monoisotopic (exact) mass is 347 g/mol. The van der Waals surface area contributed by atoms with Gasteiger partial charge in [0.25, 0.3) is 0 Å². The van der Waals surface area contributed by atoms with E-state index in [9.17, 15) is 0 Å². The Hall–Kier alpha value is 0.795. The fraction of sp³-hybridized carbons (Fsp3) is 1.00. The van der Waals surface area contributed by atoms with Gasteiger partial charge in [-0.05, 0) is 29.6 Å². The third-order valence-corrected chi connectivity index (χ3v) is 6.13. The van der Waals surface area contributed by atoms with Crippen molar-refractivity contribution in [1.82, 2.24) is 0 Å². The van der Waals surface area contributed by atoms with E-state index in [2.05, 4.69) is 71.4 Å². The van der Waals surface area contributed by atoms with Crippen molar-refractivity contribution in [2.45, 2.75) is 66.5 Å². The Morgan fingerprint density at radius 2 is 1.65 bits per heavy atom. The largest absolute Gasteiger partial charge is 0.114 e. The normalized spacial score (nSPS) is 37.5. The minimum absolute atomic E-state index is 0.456. The molecule has 1 aliphatic heterocycles. The van der Waals surface area contributed by atoms with E-state index in [0.717, 1.165) is 17.7 Å². The number of halogens is 1. The Balaban J connectivity index is 2.94. The maximum atomic E-state index is 2.60. The zero-order valence-electron chi connectivity index (χ0n) is 12.5. The topological polar surface area (TPSA) is 0 Å². The van der Waals surface area contributed by atoms with Crippen molar-refractivity contribution >= 4 is 29.9 Å². The number of hydrogen-bond donors (Lipinski definition) is 0. The van der Waals surface area contributed by atoms with E-state index in [-0.39, 0.29) is 0 Å². The predicted octanol–water partition coefficient (Wildman–Crippen LogP) is 5.45. The van der Waals surface area contributed by atoms with Crippen LogP contribution in [0.15, 0.2) is 0 Å². The van der Waals surface area contributed by atoms with Gasteiger partial charge in [-0.1, -0.05) is 82.2 Å². The average molecular weight is 347 g/mol. The zero-order chi connectivity index (χ0) is 13.3. The summed E-state index contributed by atoms with van der Waals surface area (Å²) in [4.78, 5) is 0. The third kappa shape index (κ3) is 4.14. The van der Waals surface area contributed by atoms with Gasteiger partial charge in [0, 0.05) is 4.43 Å². The van der Waals surface area contributed by atoms with Crippen LogP contribution in [0.5, 0.6) is 0 Å². The highest BCUT2D eigenvalue weighted by Crippen LogP contribution is 2.48. The highest BCUT2D eigenvalue weighted by atomic mass is 127. The summed E-state index contributed by atoms with van der Waals surface area (Å²) < 4.78 is 1.30. The summed E-state index contributed by atoms with van der Waals surface area (Å²) in [6.45, 7) is 14.7. The number of hydrogen-bond acceptors (Lipinski definition) is 0. The van der Waals surface area contributed by atoms with Gasteiger partial charge in [0.05, 0.1) is 0 Å². The van der Waals surface area contributed by atoms with Crippen molar-refractivity contribution in [2.24, 2.45) is 22.7 Å². The molecule has 0 aliphatic carbocycles. The van der Waals surface area contributed by atoms with E-state index in [1.54, 1.807) is 0 Å². The van der Waals surface area contributed by atoms with E-state index >= 15 is 0 Å². The van der Waals surface area contributed by atoms with Crippen molar-refractivity contribution in [3.05, 3.63) is 0 Å². The standard InChI is InChI=1S/C15H29BI/c1-11-7-15(5,6)13(10-17)8-14(3,4)12(2)16-9-11/h11-13H,7-10H2,1-6H3/t11?,12?,13-/m0/s1. The Morgan fingerprint density at radius 1 is 1.06 bits per heavy atom. The molecule has 1 heterocycles. The van der Waals surface area contributed by atoms with Crippen LogP contribution in [0.2, 0.25) is 12.1 Å². The first-order valence-electron chi connectivity index (χ1n) is 7.08. The van der Waals surface area contributed by atoms with Crippen LogP contribution >= 0.6 is 22.6 Å². The first kappa shape index (κ1) is 15.9. The summed E-state index contributed by atoms with van der Waals surface area (Å²) in [6.07, 6.45) is 4.04.